The Morgan fingerprint density at radius 1 is 1.24 bits per heavy atom. The number of ether oxygens (including phenoxy) is 1. The number of nitrogens with zero attached hydrogens (tertiary/aromatic N) is 3. The second kappa shape index (κ2) is 14.6. The Hall–Kier alpha value is -2.53. The number of rotatable bonds is 12. The number of carbonyl (C=O) groups is 4. The molecule has 1 fully saturated rings. The van der Waals surface area contributed by atoms with Crippen LogP contribution >= 0.6 is 11.3 Å². The summed E-state index contributed by atoms with van der Waals surface area (Å²) in [6.07, 6.45) is 3.17. The van der Waals surface area contributed by atoms with Gasteiger partial charge in [-0.25, -0.2) is 4.98 Å². The average Bonchev–Trinajstić information content (AvgIpc) is 3.38. The third-order valence-corrected chi connectivity index (χ3v) is 8.42. The standard InChI is InChI=1S/C27H45N5O5S/c1-9-17(4)23(30-25(35)20-12-10-11-13-31(20)7)27(36)32(8)21(16(2)3)14-22(37-18(5)33)26-29-19(15-38-26)24(34)28-6/h15-17,20-23H,9-14H2,1-8H3,(H,28,34)(H,30,35). The molecule has 1 saturated heterocycles. The van der Waals surface area contributed by atoms with Gasteiger partial charge in [-0.15, -0.1) is 11.3 Å². The van der Waals surface area contributed by atoms with Gasteiger partial charge in [-0.2, -0.15) is 0 Å². The Kier molecular flexibility index (Phi) is 12.2. The lowest BCUT2D eigenvalue weighted by Crippen LogP contribution is -2.58. The molecule has 10 nitrogen and oxygen atoms in total. The smallest absolute Gasteiger partial charge is 0.303 e. The fourth-order valence-electron chi connectivity index (χ4n) is 4.89. The van der Waals surface area contributed by atoms with Crippen molar-refractivity contribution >= 4 is 35.0 Å². The molecule has 214 valence electrons. The second-order valence-electron chi connectivity index (χ2n) is 10.6. The molecule has 0 aliphatic carbocycles. The number of piperidine rings is 1. The van der Waals surface area contributed by atoms with Gasteiger partial charge in [0, 0.05) is 38.9 Å². The van der Waals surface area contributed by atoms with Crippen LogP contribution in [0, 0.1) is 11.8 Å². The number of hydrogen-bond acceptors (Lipinski definition) is 8. The van der Waals surface area contributed by atoms with Gasteiger partial charge in [-0.05, 0) is 38.3 Å². The summed E-state index contributed by atoms with van der Waals surface area (Å²) < 4.78 is 5.62. The monoisotopic (exact) mass is 551 g/mol. The zero-order valence-electron chi connectivity index (χ0n) is 24.1. The molecule has 2 rings (SSSR count). The highest BCUT2D eigenvalue weighted by molar-refractivity contribution is 7.09. The molecule has 0 spiro atoms. The van der Waals surface area contributed by atoms with Crippen molar-refractivity contribution in [3.63, 3.8) is 0 Å². The Labute approximate surface area is 230 Å². The maximum atomic E-state index is 13.9. The Morgan fingerprint density at radius 3 is 2.47 bits per heavy atom. The fraction of sp³-hybridized carbons (Fsp3) is 0.741. The number of hydrogen-bond donors (Lipinski definition) is 2. The van der Waals surface area contributed by atoms with E-state index in [-0.39, 0.29) is 47.3 Å². The first-order chi connectivity index (χ1) is 17.9. The summed E-state index contributed by atoms with van der Waals surface area (Å²) in [4.78, 5) is 59.2. The number of esters is 1. The van der Waals surface area contributed by atoms with Crippen molar-refractivity contribution in [3.05, 3.63) is 16.1 Å². The number of likely N-dealkylation sites (tertiary alicyclic amines) is 1. The highest BCUT2D eigenvalue weighted by atomic mass is 32.1. The van der Waals surface area contributed by atoms with Crippen LogP contribution in [0.2, 0.25) is 0 Å². The molecule has 1 aromatic heterocycles. The van der Waals surface area contributed by atoms with E-state index in [0.29, 0.717) is 11.4 Å². The molecule has 1 aliphatic heterocycles. The molecule has 0 aromatic carbocycles. The molecule has 1 aliphatic rings. The number of amides is 3. The van der Waals surface area contributed by atoms with E-state index < -0.39 is 18.1 Å². The lowest BCUT2D eigenvalue weighted by molar-refractivity contribution is -0.149. The summed E-state index contributed by atoms with van der Waals surface area (Å²) in [6.45, 7) is 10.2. The summed E-state index contributed by atoms with van der Waals surface area (Å²) in [5.74, 6) is -1.10. The molecular weight excluding hydrogens is 506 g/mol. The van der Waals surface area contributed by atoms with E-state index in [1.807, 2.05) is 34.7 Å². The molecule has 1 aromatic rings. The van der Waals surface area contributed by atoms with E-state index in [0.717, 1.165) is 32.2 Å². The first-order valence-corrected chi connectivity index (χ1v) is 14.4. The highest BCUT2D eigenvalue weighted by Gasteiger charge is 2.37. The molecule has 5 atom stereocenters. The van der Waals surface area contributed by atoms with Gasteiger partial charge in [0.2, 0.25) is 11.8 Å². The molecule has 0 radical (unpaired) electrons. The van der Waals surface area contributed by atoms with Crippen LogP contribution in [0.1, 0.15) is 88.3 Å². The summed E-state index contributed by atoms with van der Waals surface area (Å²) >= 11 is 1.24. The van der Waals surface area contributed by atoms with E-state index in [4.69, 9.17) is 4.74 Å². The number of aromatic nitrogens is 1. The lowest BCUT2D eigenvalue weighted by atomic mass is 9.92. The fourth-order valence-corrected chi connectivity index (χ4v) is 5.73. The Morgan fingerprint density at radius 2 is 1.92 bits per heavy atom. The third-order valence-electron chi connectivity index (χ3n) is 7.49. The van der Waals surface area contributed by atoms with Crippen molar-refractivity contribution in [2.45, 2.75) is 91.0 Å². The van der Waals surface area contributed by atoms with Gasteiger partial charge in [0.1, 0.15) is 16.7 Å². The summed E-state index contributed by atoms with van der Waals surface area (Å²) in [5, 5.41) is 7.74. The highest BCUT2D eigenvalue weighted by Crippen LogP contribution is 2.31. The Bertz CT molecular complexity index is 967. The van der Waals surface area contributed by atoms with Crippen molar-refractivity contribution in [2.75, 3.05) is 27.7 Å². The van der Waals surface area contributed by atoms with Crippen LogP contribution in [0.3, 0.4) is 0 Å². The molecule has 2 N–H and O–H groups in total. The van der Waals surface area contributed by atoms with Crippen LogP contribution in [0.4, 0.5) is 0 Å². The zero-order chi connectivity index (χ0) is 28.6. The van der Waals surface area contributed by atoms with Crippen LogP contribution in [0.5, 0.6) is 0 Å². The SMILES string of the molecule is CCC(C)C(NC(=O)C1CCCCN1C)C(=O)N(C)C(CC(OC(C)=O)c1nc(C(=O)NC)cs1)C(C)C. The van der Waals surface area contributed by atoms with Crippen LogP contribution in [-0.4, -0.2) is 84.3 Å². The molecule has 5 unspecified atom stereocenters. The minimum Gasteiger partial charge on any atom is -0.455 e. The van der Waals surface area contributed by atoms with Crippen molar-refractivity contribution in [1.29, 1.82) is 0 Å². The van der Waals surface area contributed by atoms with Crippen LogP contribution in [0.15, 0.2) is 5.38 Å². The largest absolute Gasteiger partial charge is 0.455 e. The van der Waals surface area contributed by atoms with Crippen LogP contribution in [0.25, 0.3) is 0 Å². The normalized spacial score (nSPS) is 19.2. The van der Waals surface area contributed by atoms with Gasteiger partial charge >= 0.3 is 5.97 Å². The molecule has 3 amide bonds. The molecule has 38 heavy (non-hydrogen) atoms. The third kappa shape index (κ3) is 8.23. The molecule has 0 bridgehead atoms. The zero-order valence-corrected chi connectivity index (χ0v) is 24.9. The molecule has 2 heterocycles. The van der Waals surface area contributed by atoms with Gasteiger partial charge in [-0.1, -0.05) is 40.5 Å². The number of carbonyl (C=O) groups excluding carboxylic acids is 4. The van der Waals surface area contributed by atoms with Gasteiger partial charge in [0.15, 0.2) is 6.10 Å². The van der Waals surface area contributed by atoms with Gasteiger partial charge in [-0.3, -0.25) is 24.1 Å². The van der Waals surface area contributed by atoms with E-state index in [1.54, 1.807) is 17.3 Å². The molecule has 11 heteroatoms. The topological polar surface area (TPSA) is 121 Å². The van der Waals surface area contributed by atoms with E-state index in [1.165, 1.54) is 25.3 Å². The lowest BCUT2D eigenvalue weighted by Gasteiger charge is -2.38. The first-order valence-electron chi connectivity index (χ1n) is 13.5. The average molecular weight is 552 g/mol. The predicted molar refractivity (Wildman–Crippen MR) is 148 cm³/mol. The van der Waals surface area contributed by atoms with Crippen molar-refractivity contribution in [3.8, 4) is 0 Å². The van der Waals surface area contributed by atoms with Gasteiger partial charge in [0.25, 0.3) is 5.91 Å². The predicted octanol–water partition coefficient (Wildman–Crippen LogP) is 3.00. The summed E-state index contributed by atoms with van der Waals surface area (Å²) in [7, 11) is 5.22. The van der Waals surface area contributed by atoms with E-state index >= 15 is 0 Å². The second-order valence-corrected chi connectivity index (χ2v) is 11.5. The van der Waals surface area contributed by atoms with Crippen molar-refractivity contribution < 1.29 is 23.9 Å². The Balaban J connectivity index is 2.28. The van der Waals surface area contributed by atoms with E-state index in [2.05, 4.69) is 20.5 Å². The summed E-state index contributed by atoms with van der Waals surface area (Å²) in [5.41, 5.74) is 0.252. The molecular formula is C27H45N5O5S. The number of thiazole rings is 1. The van der Waals surface area contributed by atoms with Gasteiger partial charge < -0.3 is 20.3 Å². The van der Waals surface area contributed by atoms with Crippen molar-refractivity contribution in [2.24, 2.45) is 11.8 Å². The number of likely N-dealkylation sites (N-methyl/N-ethyl adjacent to an activating group) is 2. The quantitative estimate of drug-likeness (QED) is 0.383. The molecule has 0 saturated carbocycles. The summed E-state index contributed by atoms with van der Waals surface area (Å²) in [6, 6.07) is -1.21. The van der Waals surface area contributed by atoms with Crippen LogP contribution in [-0.2, 0) is 19.1 Å². The van der Waals surface area contributed by atoms with Crippen molar-refractivity contribution in [1.82, 2.24) is 25.4 Å². The minimum absolute atomic E-state index is 0.0261. The van der Waals surface area contributed by atoms with E-state index in [9.17, 15) is 19.2 Å². The van der Waals surface area contributed by atoms with Crippen LogP contribution < -0.4 is 10.6 Å². The van der Waals surface area contributed by atoms with Gasteiger partial charge in [0.05, 0.1) is 6.04 Å². The number of nitrogens with one attached hydrogen (secondary N) is 2. The maximum absolute atomic E-state index is 13.9. The maximum Gasteiger partial charge on any atom is 0.303 e. The minimum atomic E-state index is -0.717. The first kappa shape index (κ1) is 31.7.